The minimum absolute atomic E-state index is 0.0304. The summed E-state index contributed by atoms with van der Waals surface area (Å²) in [6, 6.07) is -0.0304. The van der Waals surface area contributed by atoms with Crippen LogP contribution in [0.25, 0.3) is 0 Å². The van der Waals surface area contributed by atoms with Crippen molar-refractivity contribution in [2.45, 2.75) is 43.9 Å². The van der Waals surface area contributed by atoms with Crippen molar-refractivity contribution in [3.8, 4) is 0 Å². The van der Waals surface area contributed by atoms with Crippen LogP contribution in [0.3, 0.4) is 0 Å². The number of nitrogens with zero attached hydrogens (tertiary/aromatic N) is 1. The average Bonchev–Trinajstić information content (AvgIpc) is 3.13. The molecule has 0 aromatic heterocycles. The molecule has 3 fully saturated rings. The standard InChI is InChI=1S/C14H23NO5S/c1-21(17,18)9-13(16)15-6-7-19-14-11(15)4-5-12(14)20-8-10-2-3-10/h10-12,14H,2-9H2,1H3/t11-,12-,14+/m0/s1. The number of fused-ring (bicyclic) bond motifs is 1. The molecule has 1 saturated heterocycles. The summed E-state index contributed by atoms with van der Waals surface area (Å²) in [5.74, 6) is -0.0154. The van der Waals surface area contributed by atoms with E-state index in [0.29, 0.717) is 19.1 Å². The molecule has 1 heterocycles. The van der Waals surface area contributed by atoms with Gasteiger partial charge in [-0.05, 0) is 31.6 Å². The van der Waals surface area contributed by atoms with Crippen LogP contribution in [0.1, 0.15) is 25.7 Å². The van der Waals surface area contributed by atoms with Crippen molar-refractivity contribution in [1.82, 2.24) is 4.90 Å². The SMILES string of the molecule is CS(=O)(=O)CC(=O)N1CCO[C@H]2[C@@H](OCC3CC3)CC[C@@H]21. The predicted octanol–water partition coefficient (Wildman–Crippen LogP) is 0.216. The van der Waals surface area contributed by atoms with Gasteiger partial charge >= 0.3 is 0 Å². The van der Waals surface area contributed by atoms with Crippen molar-refractivity contribution in [1.29, 1.82) is 0 Å². The molecule has 0 bridgehead atoms. The zero-order chi connectivity index (χ0) is 15.0. The molecule has 0 spiro atoms. The Morgan fingerprint density at radius 1 is 1.29 bits per heavy atom. The molecule has 120 valence electrons. The fraction of sp³-hybridized carbons (Fsp3) is 0.929. The molecule has 0 unspecified atom stereocenters. The second-order valence-corrected chi connectivity index (χ2v) is 8.59. The predicted molar refractivity (Wildman–Crippen MR) is 76.6 cm³/mol. The Morgan fingerprint density at radius 3 is 2.71 bits per heavy atom. The monoisotopic (exact) mass is 317 g/mol. The first-order chi connectivity index (χ1) is 9.94. The van der Waals surface area contributed by atoms with Crippen LogP contribution in [-0.4, -0.2) is 69.2 Å². The van der Waals surface area contributed by atoms with Crippen molar-refractivity contribution < 1.29 is 22.7 Å². The van der Waals surface area contributed by atoms with Crippen LogP contribution in [0.4, 0.5) is 0 Å². The number of ether oxygens (including phenoxy) is 2. The van der Waals surface area contributed by atoms with Crippen molar-refractivity contribution in [3.05, 3.63) is 0 Å². The highest BCUT2D eigenvalue weighted by Gasteiger charge is 2.45. The normalized spacial score (nSPS) is 33.0. The molecule has 0 N–H and O–H groups in total. The van der Waals surface area contributed by atoms with Gasteiger partial charge in [0.05, 0.1) is 18.8 Å². The lowest BCUT2D eigenvalue weighted by Crippen LogP contribution is -2.55. The van der Waals surface area contributed by atoms with Crippen LogP contribution in [0, 0.1) is 5.92 Å². The van der Waals surface area contributed by atoms with Crippen molar-refractivity contribution in [3.63, 3.8) is 0 Å². The van der Waals surface area contributed by atoms with Crippen molar-refractivity contribution in [2.75, 3.05) is 31.8 Å². The molecule has 21 heavy (non-hydrogen) atoms. The summed E-state index contributed by atoms with van der Waals surface area (Å²) in [4.78, 5) is 13.9. The third-order valence-electron chi connectivity index (χ3n) is 4.48. The van der Waals surface area contributed by atoms with Gasteiger partial charge < -0.3 is 14.4 Å². The highest BCUT2D eigenvalue weighted by molar-refractivity contribution is 7.91. The molecule has 1 amide bonds. The third-order valence-corrected chi connectivity index (χ3v) is 5.26. The lowest BCUT2D eigenvalue weighted by molar-refractivity contribution is -0.149. The third kappa shape index (κ3) is 3.76. The quantitative estimate of drug-likeness (QED) is 0.725. The first-order valence-electron chi connectivity index (χ1n) is 7.64. The van der Waals surface area contributed by atoms with Gasteiger partial charge in [0, 0.05) is 19.4 Å². The van der Waals surface area contributed by atoms with E-state index in [4.69, 9.17) is 9.47 Å². The first kappa shape index (κ1) is 15.2. The second kappa shape index (κ2) is 5.85. The van der Waals surface area contributed by atoms with Crippen molar-refractivity contribution in [2.24, 2.45) is 5.92 Å². The summed E-state index contributed by atoms with van der Waals surface area (Å²) >= 11 is 0. The minimum atomic E-state index is -3.29. The lowest BCUT2D eigenvalue weighted by Gasteiger charge is -2.39. The number of amides is 1. The maximum absolute atomic E-state index is 12.2. The van der Waals surface area contributed by atoms with Gasteiger partial charge in [0.1, 0.15) is 11.9 Å². The van der Waals surface area contributed by atoms with E-state index in [2.05, 4.69) is 0 Å². The molecule has 2 saturated carbocycles. The average molecular weight is 317 g/mol. The number of rotatable bonds is 5. The Morgan fingerprint density at radius 2 is 2.05 bits per heavy atom. The molecule has 6 nitrogen and oxygen atoms in total. The van der Waals surface area contributed by atoms with Crippen LogP contribution < -0.4 is 0 Å². The number of morpholine rings is 1. The van der Waals surface area contributed by atoms with E-state index < -0.39 is 15.6 Å². The zero-order valence-corrected chi connectivity index (χ0v) is 13.2. The van der Waals surface area contributed by atoms with Crippen LogP contribution in [-0.2, 0) is 24.1 Å². The highest BCUT2D eigenvalue weighted by atomic mass is 32.2. The van der Waals surface area contributed by atoms with E-state index >= 15 is 0 Å². The van der Waals surface area contributed by atoms with Gasteiger partial charge in [0.15, 0.2) is 9.84 Å². The van der Waals surface area contributed by atoms with Gasteiger partial charge in [-0.25, -0.2) is 8.42 Å². The van der Waals surface area contributed by atoms with E-state index in [-0.39, 0.29) is 24.2 Å². The Labute approximate surface area is 125 Å². The summed E-state index contributed by atoms with van der Waals surface area (Å²) in [6.45, 7) is 1.72. The van der Waals surface area contributed by atoms with E-state index in [1.807, 2.05) is 0 Å². The van der Waals surface area contributed by atoms with E-state index in [9.17, 15) is 13.2 Å². The molecule has 3 rings (SSSR count). The molecular formula is C14H23NO5S. The van der Waals surface area contributed by atoms with Crippen LogP contribution in [0.2, 0.25) is 0 Å². The van der Waals surface area contributed by atoms with Crippen LogP contribution in [0.15, 0.2) is 0 Å². The van der Waals surface area contributed by atoms with Gasteiger partial charge in [-0.2, -0.15) is 0 Å². The summed E-state index contributed by atoms with van der Waals surface area (Å²) in [6.07, 6.45) is 5.26. The maximum atomic E-state index is 12.2. The smallest absolute Gasteiger partial charge is 0.238 e. The lowest BCUT2D eigenvalue weighted by atomic mass is 10.1. The van der Waals surface area contributed by atoms with Gasteiger partial charge in [0.2, 0.25) is 5.91 Å². The largest absolute Gasteiger partial charge is 0.375 e. The molecule has 0 aromatic rings. The molecular weight excluding hydrogens is 294 g/mol. The topological polar surface area (TPSA) is 72.9 Å². The number of carbonyl (C=O) groups excluding carboxylic acids is 1. The van der Waals surface area contributed by atoms with Gasteiger partial charge in [-0.15, -0.1) is 0 Å². The Balaban J connectivity index is 1.61. The second-order valence-electron chi connectivity index (χ2n) is 6.45. The molecule has 7 heteroatoms. The fourth-order valence-electron chi connectivity index (χ4n) is 3.26. The van der Waals surface area contributed by atoms with Gasteiger partial charge in [0.25, 0.3) is 0 Å². The van der Waals surface area contributed by atoms with E-state index in [0.717, 1.165) is 25.7 Å². The van der Waals surface area contributed by atoms with Crippen LogP contribution in [0.5, 0.6) is 0 Å². The number of sulfone groups is 1. The molecule has 1 aliphatic heterocycles. The first-order valence-corrected chi connectivity index (χ1v) is 9.70. The van der Waals surface area contributed by atoms with E-state index in [1.165, 1.54) is 12.8 Å². The number of carbonyl (C=O) groups is 1. The van der Waals surface area contributed by atoms with Gasteiger partial charge in [-0.1, -0.05) is 0 Å². The van der Waals surface area contributed by atoms with Crippen LogP contribution >= 0.6 is 0 Å². The fourth-order valence-corrected chi connectivity index (χ4v) is 3.87. The highest BCUT2D eigenvalue weighted by Crippen LogP contribution is 2.35. The summed E-state index contributed by atoms with van der Waals surface area (Å²) < 4.78 is 34.4. The maximum Gasteiger partial charge on any atom is 0.238 e. The van der Waals surface area contributed by atoms with Crippen molar-refractivity contribution >= 4 is 15.7 Å². The summed E-state index contributed by atoms with van der Waals surface area (Å²) in [5.41, 5.74) is 0. The van der Waals surface area contributed by atoms with Gasteiger partial charge in [-0.3, -0.25) is 4.79 Å². The molecule has 3 aliphatic rings. The molecule has 0 radical (unpaired) electrons. The molecule has 2 aliphatic carbocycles. The Bertz CT molecular complexity index is 501. The molecule has 0 aromatic carbocycles. The molecule has 3 atom stereocenters. The zero-order valence-electron chi connectivity index (χ0n) is 12.4. The number of hydrogen-bond acceptors (Lipinski definition) is 5. The number of hydrogen-bond donors (Lipinski definition) is 0. The minimum Gasteiger partial charge on any atom is -0.375 e. The Kier molecular flexibility index (Phi) is 4.25. The summed E-state index contributed by atoms with van der Waals surface area (Å²) in [7, 11) is -3.29. The van der Waals surface area contributed by atoms with E-state index in [1.54, 1.807) is 4.90 Å². The Hall–Kier alpha value is -0.660. The summed E-state index contributed by atoms with van der Waals surface area (Å²) in [5, 5.41) is 0.